The molecule has 1 aromatic heterocycles. The van der Waals surface area contributed by atoms with Crippen LogP contribution in [0.5, 0.6) is 0 Å². The van der Waals surface area contributed by atoms with Crippen LogP contribution >= 0.6 is 11.3 Å². The highest BCUT2D eigenvalue weighted by atomic mass is 32.1. The fourth-order valence-corrected chi connectivity index (χ4v) is 3.54. The number of fused-ring (bicyclic) bond motifs is 1. The summed E-state index contributed by atoms with van der Waals surface area (Å²) in [7, 11) is 0. The smallest absolute Gasteiger partial charge is 0.0351 e. The van der Waals surface area contributed by atoms with E-state index in [-0.39, 0.29) is 0 Å². The maximum Gasteiger partial charge on any atom is 0.0351 e. The fraction of sp³-hybridized carbons (Fsp3) is 0.429. The minimum atomic E-state index is 1.16. The quantitative estimate of drug-likeness (QED) is 0.688. The van der Waals surface area contributed by atoms with Crippen LogP contribution in [0.25, 0.3) is 10.1 Å². The van der Waals surface area contributed by atoms with Crippen LogP contribution in [0, 0.1) is 13.8 Å². The highest BCUT2D eigenvalue weighted by Crippen LogP contribution is 2.35. The summed E-state index contributed by atoms with van der Waals surface area (Å²) in [6.07, 6.45) is 2.33. The lowest BCUT2D eigenvalue weighted by molar-refractivity contribution is 1.08. The number of hydrogen-bond acceptors (Lipinski definition) is 1. The van der Waals surface area contributed by atoms with Crippen LogP contribution in [-0.2, 0) is 12.8 Å². The van der Waals surface area contributed by atoms with E-state index in [1.165, 1.54) is 27.6 Å². The highest BCUT2D eigenvalue weighted by Gasteiger charge is 2.11. The molecule has 1 aromatic carbocycles. The maximum absolute atomic E-state index is 2.28. The van der Waals surface area contributed by atoms with Gasteiger partial charge in [-0.15, -0.1) is 11.3 Å². The van der Waals surface area contributed by atoms with Gasteiger partial charge in [0.15, 0.2) is 0 Å². The van der Waals surface area contributed by atoms with Gasteiger partial charge < -0.3 is 0 Å². The van der Waals surface area contributed by atoms with Crippen LogP contribution in [0.2, 0.25) is 0 Å². The molecule has 2 rings (SSSR count). The Bertz CT molecular complexity index is 491. The molecule has 0 radical (unpaired) electrons. The summed E-state index contributed by atoms with van der Waals surface area (Å²) in [6.45, 7) is 8.98. The van der Waals surface area contributed by atoms with Crippen molar-refractivity contribution >= 4 is 21.4 Å². The Hall–Kier alpha value is -0.820. The van der Waals surface area contributed by atoms with E-state index in [0.717, 1.165) is 6.42 Å². The maximum atomic E-state index is 2.28. The van der Waals surface area contributed by atoms with E-state index in [0.29, 0.717) is 0 Å². The molecule has 80 valence electrons. The second-order valence-electron chi connectivity index (χ2n) is 4.09. The molecule has 0 saturated carbocycles. The molecule has 0 amide bonds. The molecule has 1 heteroatoms. The molecule has 0 fully saturated rings. The summed E-state index contributed by atoms with van der Waals surface area (Å²) in [5.41, 5.74) is 4.47. The zero-order valence-corrected chi connectivity index (χ0v) is 10.8. The van der Waals surface area contributed by atoms with Crippen molar-refractivity contribution in [2.24, 2.45) is 0 Å². The third-order valence-electron chi connectivity index (χ3n) is 3.24. The zero-order valence-electron chi connectivity index (χ0n) is 9.98. The predicted molar refractivity (Wildman–Crippen MR) is 70.1 cm³/mol. The van der Waals surface area contributed by atoms with Crippen LogP contribution < -0.4 is 0 Å². The second-order valence-corrected chi connectivity index (χ2v) is 5.23. The first-order valence-electron chi connectivity index (χ1n) is 5.69. The Kier molecular flexibility index (Phi) is 2.83. The number of hydrogen-bond donors (Lipinski definition) is 0. The van der Waals surface area contributed by atoms with Crippen LogP contribution in [-0.4, -0.2) is 0 Å². The lowest BCUT2D eigenvalue weighted by atomic mass is 10.00. The van der Waals surface area contributed by atoms with Crippen molar-refractivity contribution in [1.82, 2.24) is 0 Å². The summed E-state index contributed by atoms with van der Waals surface area (Å²) in [5, 5.41) is 1.53. The van der Waals surface area contributed by atoms with E-state index in [9.17, 15) is 0 Å². The van der Waals surface area contributed by atoms with Crippen LogP contribution in [0.15, 0.2) is 12.1 Å². The first-order chi connectivity index (χ1) is 7.19. The highest BCUT2D eigenvalue weighted by molar-refractivity contribution is 7.19. The van der Waals surface area contributed by atoms with Crippen molar-refractivity contribution in [2.75, 3.05) is 0 Å². The van der Waals surface area contributed by atoms with Gasteiger partial charge in [-0.05, 0) is 54.8 Å². The van der Waals surface area contributed by atoms with Gasteiger partial charge in [0.1, 0.15) is 0 Å². The lowest BCUT2D eigenvalue weighted by Gasteiger charge is -2.04. The first-order valence-corrected chi connectivity index (χ1v) is 6.51. The molecule has 0 aliphatic rings. The molecule has 0 aliphatic carbocycles. The number of benzene rings is 1. The average Bonchev–Trinajstić information content (AvgIpc) is 2.61. The van der Waals surface area contributed by atoms with E-state index < -0.39 is 0 Å². The summed E-state index contributed by atoms with van der Waals surface area (Å²) in [6, 6.07) is 4.52. The number of thiophene rings is 1. The monoisotopic (exact) mass is 218 g/mol. The van der Waals surface area contributed by atoms with Crippen molar-refractivity contribution in [1.29, 1.82) is 0 Å². The normalized spacial score (nSPS) is 11.2. The molecule has 0 saturated heterocycles. The minimum absolute atomic E-state index is 1.16. The van der Waals surface area contributed by atoms with Crippen molar-refractivity contribution < 1.29 is 0 Å². The summed E-state index contributed by atoms with van der Waals surface area (Å²) in [4.78, 5) is 1.57. The Labute approximate surface area is 95.9 Å². The van der Waals surface area contributed by atoms with Gasteiger partial charge in [-0.3, -0.25) is 0 Å². The summed E-state index contributed by atoms with van der Waals surface area (Å²) >= 11 is 1.97. The summed E-state index contributed by atoms with van der Waals surface area (Å²) in [5.74, 6) is 0. The SMILES string of the molecule is CCc1sc2ccc(C)c(C)c2c1CC. The molecule has 0 spiro atoms. The molecule has 1 heterocycles. The van der Waals surface area contributed by atoms with Crippen molar-refractivity contribution in [3.05, 3.63) is 33.7 Å². The van der Waals surface area contributed by atoms with Crippen LogP contribution in [0.4, 0.5) is 0 Å². The van der Waals surface area contributed by atoms with Gasteiger partial charge in [-0.1, -0.05) is 19.9 Å². The van der Waals surface area contributed by atoms with Crippen molar-refractivity contribution in [2.45, 2.75) is 40.5 Å². The van der Waals surface area contributed by atoms with E-state index in [1.54, 1.807) is 10.4 Å². The largest absolute Gasteiger partial charge is 0.140 e. The summed E-state index contributed by atoms with van der Waals surface area (Å²) < 4.78 is 1.46. The molecule has 0 atom stereocenters. The number of aryl methyl sites for hydroxylation is 4. The van der Waals surface area contributed by atoms with Gasteiger partial charge in [-0.2, -0.15) is 0 Å². The molecular formula is C14H18S. The van der Waals surface area contributed by atoms with E-state index in [2.05, 4.69) is 39.8 Å². The Morgan fingerprint density at radius 1 is 1.07 bits per heavy atom. The molecule has 0 nitrogen and oxygen atoms in total. The Balaban J connectivity index is 2.85. The van der Waals surface area contributed by atoms with Crippen molar-refractivity contribution in [3.63, 3.8) is 0 Å². The molecule has 0 bridgehead atoms. The van der Waals surface area contributed by atoms with Gasteiger partial charge in [0.05, 0.1) is 0 Å². The van der Waals surface area contributed by atoms with Gasteiger partial charge in [0.2, 0.25) is 0 Å². The molecule has 0 aliphatic heterocycles. The van der Waals surface area contributed by atoms with Gasteiger partial charge in [0, 0.05) is 9.58 Å². The zero-order chi connectivity index (χ0) is 11.0. The van der Waals surface area contributed by atoms with Gasteiger partial charge in [0.25, 0.3) is 0 Å². The molecular weight excluding hydrogens is 200 g/mol. The van der Waals surface area contributed by atoms with Crippen LogP contribution in [0.1, 0.15) is 35.4 Å². The topological polar surface area (TPSA) is 0 Å². The first kappa shape index (κ1) is 10.7. The fourth-order valence-electron chi connectivity index (χ4n) is 2.24. The van der Waals surface area contributed by atoms with Crippen molar-refractivity contribution in [3.8, 4) is 0 Å². The molecule has 2 aromatic rings. The third kappa shape index (κ3) is 1.59. The Morgan fingerprint density at radius 2 is 1.80 bits per heavy atom. The third-order valence-corrected chi connectivity index (χ3v) is 4.59. The van der Waals surface area contributed by atoms with E-state index >= 15 is 0 Å². The second kappa shape index (κ2) is 3.97. The van der Waals surface area contributed by atoms with Gasteiger partial charge in [-0.25, -0.2) is 0 Å². The molecule has 15 heavy (non-hydrogen) atoms. The number of rotatable bonds is 2. The van der Waals surface area contributed by atoms with E-state index in [1.807, 2.05) is 11.3 Å². The minimum Gasteiger partial charge on any atom is -0.140 e. The van der Waals surface area contributed by atoms with Gasteiger partial charge >= 0.3 is 0 Å². The Morgan fingerprint density at radius 3 is 2.40 bits per heavy atom. The molecule has 0 unspecified atom stereocenters. The molecule has 0 N–H and O–H groups in total. The standard InChI is InChI=1S/C14H18S/c1-5-11-12(6-2)15-13-8-7-9(3)10(4)14(11)13/h7-8H,5-6H2,1-4H3. The predicted octanol–water partition coefficient (Wildman–Crippen LogP) is 4.64. The lowest BCUT2D eigenvalue weighted by Crippen LogP contribution is -1.87. The van der Waals surface area contributed by atoms with E-state index in [4.69, 9.17) is 0 Å². The average molecular weight is 218 g/mol. The van der Waals surface area contributed by atoms with Crippen LogP contribution in [0.3, 0.4) is 0 Å².